The minimum absolute atomic E-state index is 0.205. The first-order valence-electron chi connectivity index (χ1n) is 3.76. The van der Waals surface area contributed by atoms with Crippen molar-refractivity contribution in [1.82, 2.24) is 0 Å². The molecule has 1 saturated heterocycles. The molecule has 0 aromatic rings. The van der Waals surface area contributed by atoms with Crippen LogP contribution in [0.4, 0.5) is 0 Å². The molecule has 0 spiro atoms. The summed E-state index contributed by atoms with van der Waals surface area (Å²) in [5, 5.41) is 9.26. The molecule has 2 unspecified atom stereocenters. The van der Waals surface area contributed by atoms with Gasteiger partial charge in [-0.05, 0) is 12.8 Å². The monoisotopic (exact) mass is 144 g/mol. The van der Waals surface area contributed by atoms with Crippen molar-refractivity contribution in [2.75, 3.05) is 6.79 Å². The fourth-order valence-electron chi connectivity index (χ4n) is 1.69. The maximum absolute atomic E-state index is 9.26. The summed E-state index contributed by atoms with van der Waals surface area (Å²) in [4.78, 5) is 0. The highest BCUT2D eigenvalue weighted by atomic mass is 16.7. The SMILES string of the molecule is OC1CC2CC(C1)OCO2. The van der Waals surface area contributed by atoms with Gasteiger partial charge in [0.2, 0.25) is 0 Å². The predicted octanol–water partition coefficient (Wildman–Crippen LogP) is 0.273. The maximum Gasteiger partial charge on any atom is 0.147 e. The molecule has 2 rings (SSSR count). The van der Waals surface area contributed by atoms with Crippen molar-refractivity contribution in [2.45, 2.75) is 37.6 Å². The largest absolute Gasteiger partial charge is 0.393 e. The predicted molar refractivity (Wildman–Crippen MR) is 34.5 cm³/mol. The summed E-state index contributed by atoms with van der Waals surface area (Å²) in [5.74, 6) is 0. The molecule has 1 heterocycles. The molecule has 2 aliphatic rings. The van der Waals surface area contributed by atoms with Gasteiger partial charge in [-0.3, -0.25) is 0 Å². The summed E-state index contributed by atoms with van der Waals surface area (Å²) >= 11 is 0. The molecule has 1 aliphatic carbocycles. The quantitative estimate of drug-likeness (QED) is 0.530. The summed E-state index contributed by atoms with van der Waals surface area (Å²) < 4.78 is 10.5. The van der Waals surface area contributed by atoms with E-state index < -0.39 is 0 Å². The van der Waals surface area contributed by atoms with Gasteiger partial charge in [0.15, 0.2) is 0 Å². The molecule has 1 aliphatic heterocycles. The van der Waals surface area contributed by atoms with Crippen molar-refractivity contribution >= 4 is 0 Å². The molecular weight excluding hydrogens is 132 g/mol. The minimum atomic E-state index is -0.205. The van der Waals surface area contributed by atoms with E-state index in [1.165, 1.54) is 0 Å². The molecule has 1 saturated carbocycles. The van der Waals surface area contributed by atoms with E-state index in [1.807, 2.05) is 0 Å². The number of hydrogen-bond donors (Lipinski definition) is 1. The molecule has 10 heavy (non-hydrogen) atoms. The van der Waals surface area contributed by atoms with Crippen LogP contribution in [-0.2, 0) is 9.47 Å². The Morgan fingerprint density at radius 1 is 1.00 bits per heavy atom. The molecule has 0 radical (unpaired) electrons. The van der Waals surface area contributed by atoms with E-state index in [0.29, 0.717) is 6.79 Å². The van der Waals surface area contributed by atoms with Gasteiger partial charge in [-0.2, -0.15) is 0 Å². The highest BCUT2D eigenvalue weighted by molar-refractivity contribution is 4.81. The second kappa shape index (κ2) is 2.49. The summed E-state index contributed by atoms with van der Waals surface area (Å²) in [6.07, 6.45) is 2.85. The number of ether oxygens (including phenoxy) is 2. The number of rotatable bonds is 0. The Morgan fingerprint density at radius 3 is 2.20 bits per heavy atom. The topological polar surface area (TPSA) is 38.7 Å². The van der Waals surface area contributed by atoms with Crippen LogP contribution in [0.15, 0.2) is 0 Å². The van der Waals surface area contributed by atoms with Crippen LogP contribution in [0.3, 0.4) is 0 Å². The minimum Gasteiger partial charge on any atom is -0.393 e. The van der Waals surface area contributed by atoms with Gasteiger partial charge in [0.25, 0.3) is 0 Å². The van der Waals surface area contributed by atoms with Gasteiger partial charge < -0.3 is 14.6 Å². The molecule has 0 aromatic heterocycles. The Hall–Kier alpha value is -0.120. The lowest BCUT2D eigenvalue weighted by Crippen LogP contribution is -2.40. The second-order valence-corrected chi connectivity index (χ2v) is 3.06. The number of aliphatic hydroxyl groups excluding tert-OH is 1. The fourth-order valence-corrected chi connectivity index (χ4v) is 1.69. The molecule has 2 atom stereocenters. The molecule has 1 N–H and O–H groups in total. The lowest BCUT2D eigenvalue weighted by atomic mass is 9.92. The van der Waals surface area contributed by atoms with E-state index in [9.17, 15) is 5.11 Å². The fraction of sp³-hybridized carbons (Fsp3) is 1.00. The maximum atomic E-state index is 9.26. The average molecular weight is 144 g/mol. The summed E-state index contributed by atoms with van der Waals surface area (Å²) in [7, 11) is 0. The molecule has 0 amide bonds. The van der Waals surface area contributed by atoms with E-state index in [2.05, 4.69) is 0 Å². The highest BCUT2D eigenvalue weighted by Crippen LogP contribution is 2.27. The summed E-state index contributed by atoms with van der Waals surface area (Å²) in [5.41, 5.74) is 0. The first kappa shape index (κ1) is 6.58. The molecule has 2 bridgehead atoms. The number of fused-ring (bicyclic) bond motifs is 2. The molecule has 3 nitrogen and oxygen atoms in total. The summed E-state index contributed by atoms with van der Waals surface area (Å²) in [6, 6.07) is 0. The number of aliphatic hydroxyl groups is 1. The van der Waals surface area contributed by atoms with E-state index >= 15 is 0 Å². The van der Waals surface area contributed by atoms with Crippen molar-refractivity contribution in [3.8, 4) is 0 Å². The zero-order chi connectivity index (χ0) is 6.97. The molecule has 3 heteroatoms. The third-order valence-electron chi connectivity index (χ3n) is 2.20. The third kappa shape index (κ3) is 1.17. The van der Waals surface area contributed by atoms with Crippen LogP contribution in [0.5, 0.6) is 0 Å². The lowest BCUT2D eigenvalue weighted by Gasteiger charge is -2.36. The van der Waals surface area contributed by atoms with Crippen LogP contribution in [0.1, 0.15) is 19.3 Å². The Labute approximate surface area is 59.9 Å². The van der Waals surface area contributed by atoms with E-state index in [0.717, 1.165) is 19.3 Å². The zero-order valence-electron chi connectivity index (χ0n) is 5.82. The van der Waals surface area contributed by atoms with Crippen molar-refractivity contribution in [3.63, 3.8) is 0 Å². The first-order valence-corrected chi connectivity index (χ1v) is 3.76. The van der Waals surface area contributed by atoms with E-state index in [-0.39, 0.29) is 18.3 Å². The van der Waals surface area contributed by atoms with Crippen LogP contribution in [0, 0.1) is 0 Å². The molecule has 58 valence electrons. The van der Waals surface area contributed by atoms with E-state index in [1.54, 1.807) is 0 Å². The van der Waals surface area contributed by atoms with Crippen LogP contribution < -0.4 is 0 Å². The van der Waals surface area contributed by atoms with Gasteiger partial charge in [-0.15, -0.1) is 0 Å². The molecule has 0 aromatic carbocycles. The van der Waals surface area contributed by atoms with Crippen molar-refractivity contribution < 1.29 is 14.6 Å². The van der Waals surface area contributed by atoms with Crippen LogP contribution in [0.25, 0.3) is 0 Å². The van der Waals surface area contributed by atoms with Gasteiger partial charge in [-0.1, -0.05) is 0 Å². The van der Waals surface area contributed by atoms with E-state index in [4.69, 9.17) is 9.47 Å². The smallest absolute Gasteiger partial charge is 0.147 e. The van der Waals surface area contributed by atoms with Crippen molar-refractivity contribution in [1.29, 1.82) is 0 Å². The standard InChI is InChI=1S/C7H12O3/c8-5-1-6-3-7(2-5)10-4-9-6/h5-8H,1-4H2. The highest BCUT2D eigenvalue weighted by Gasteiger charge is 2.32. The van der Waals surface area contributed by atoms with Crippen LogP contribution in [0.2, 0.25) is 0 Å². The molecule has 2 fully saturated rings. The average Bonchev–Trinajstić information content (AvgIpc) is 1.85. The van der Waals surface area contributed by atoms with Crippen LogP contribution >= 0.6 is 0 Å². The Kier molecular flexibility index (Phi) is 1.64. The van der Waals surface area contributed by atoms with Crippen molar-refractivity contribution in [2.24, 2.45) is 0 Å². The molecular formula is C7H12O3. The normalized spacial score (nSPS) is 47.1. The lowest BCUT2D eigenvalue weighted by molar-refractivity contribution is -0.208. The zero-order valence-corrected chi connectivity index (χ0v) is 5.82. The number of hydrogen-bond acceptors (Lipinski definition) is 3. The van der Waals surface area contributed by atoms with Gasteiger partial charge in [0.05, 0.1) is 18.3 Å². The van der Waals surface area contributed by atoms with Crippen LogP contribution in [-0.4, -0.2) is 30.2 Å². The van der Waals surface area contributed by atoms with Gasteiger partial charge >= 0.3 is 0 Å². The second-order valence-electron chi connectivity index (χ2n) is 3.06. The third-order valence-corrected chi connectivity index (χ3v) is 2.20. The van der Waals surface area contributed by atoms with Crippen molar-refractivity contribution in [3.05, 3.63) is 0 Å². The van der Waals surface area contributed by atoms with Gasteiger partial charge in [-0.25, -0.2) is 0 Å². The first-order chi connectivity index (χ1) is 4.84. The Morgan fingerprint density at radius 2 is 1.60 bits per heavy atom. The Bertz CT molecular complexity index is 110. The van der Waals surface area contributed by atoms with Gasteiger partial charge in [0, 0.05) is 6.42 Å². The van der Waals surface area contributed by atoms with Gasteiger partial charge in [0.1, 0.15) is 6.79 Å². The summed E-state index contributed by atoms with van der Waals surface area (Å²) in [6.45, 7) is 0.419. The Balaban J connectivity index is 1.98.